The van der Waals surface area contributed by atoms with E-state index < -0.39 is 0 Å². The molecule has 0 radical (unpaired) electrons. The van der Waals surface area contributed by atoms with E-state index in [9.17, 15) is 9.59 Å². The fourth-order valence-corrected chi connectivity index (χ4v) is 5.27. The number of carbonyl (C=O) groups is 2. The van der Waals surface area contributed by atoms with Crippen LogP contribution in [-0.4, -0.2) is 76.8 Å². The van der Waals surface area contributed by atoms with Crippen molar-refractivity contribution in [1.82, 2.24) is 19.7 Å². The minimum atomic E-state index is -0.102. The van der Waals surface area contributed by atoms with Crippen LogP contribution < -0.4 is 0 Å². The summed E-state index contributed by atoms with van der Waals surface area (Å²) in [6.07, 6.45) is 4.62. The molecule has 0 bridgehead atoms. The molecule has 0 saturated carbocycles. The second kappa shape index (κ2) is 10.4. The van der Waals surface area contributed by atoms with Crippen LogP contribution in [0, 0.1) is 0 Å². The summed E-state index contributed by atoms with van der Waals surface area (Å²) in [6.45, 7) is 6.65. The van der Waals surface area contributed by atoms with Gasteiger partial charge in [0.25, 0.3) is 0 Å². The number of thiazole rings is 1. The fourth-order valence-electron chi connectivity index (χ4n) is 4.44. The standard InChI is InChI=1S/C24H32N4O2S/c1-19(24(30)28-10-6-3-7-11-28)26-12-14-27(15-13-26)23(29)17-21-18-31-22(25-21)16-20-8-4-2-5-9-20/h2,4-5,8-9,18-19H,3,6-7,10-17H2,1H3. The van der Waals surface area contributed by atoms with Gasteiger partial charge in [-0.05, 0) is 31.7 Å². The van der Waals surface area contributed by atoms with Crippen LogP contribution in [0.4, 0.5) is 0 Å². The Morgan fingerprint density at radius 1 is 0.968 bits per heavy atom. The van der Waals surface area contributed by atoms with E-state index in [-0.39, 0.29) is 17.9 Å². The highest BCUT2D eigenvalue weighted by atomic mass is 32.1. The maximum absolute atomic E-state index is 12.8. The molecule has 1 aromatic heterocycles. The number of nitrogens with zero attached hydrogens (tertiary/aromatic N) is 4. The van der Waals surface area contributed by atoms with Gasteiger partial charge in [-0.25, -0.2) is 4.98 Å². The van der Waals surface area contributed by atoms with Gasteiger partial charge in [-0.1, -0.05) is 30.3 Å². The number of benzene rings is 1. The maximum atomic E-state index is 12.8. The van der Waals surface area contributed by atoms with E-state index in [1.54, 1.807) is 11.3 Å². The van der Waals surface area contributed by atoms with Crippen LogP contribution in [0.25, 0.3) is 0 Å². The van der Waals surface area contributed by atoms with E-state index >= 15 is 0 Å². The minimum Gasteiger partial charge on any atom is -0.341 e. The van der Waals surface area contributed by atoms with Gasteiger partial charge in [-0.2, -0.15) is 0 Å². The summed E-state index contributed by atoms with van der Waals surface area (Å²) in [5.74, 6) is 0.374. The van der Waals surface area contributed by atoms with Crippen molar-refractivity contribution in [2.24, 2.45) is 0 Å². The molecule has 6 nitrogen and oxygen atoms in total. The zero-order valence-electron chi connectivity index (χ0n) is 18.3. The number of rotatable bonds is 6. The molecule has 0 N–H and O–H groups in total. The Kier molecular flexibility index (Phi) is 7.35. The van der Waals surface area contributed by atoms with Gasteiger partial charge in [-0.15, -0.1) is 11.3 Å². The Morgan fingerprint density at radius 3 is 2.39 bits per heavy atom. The van der Waals surface area contributed by atoms with Gasteiger partial charge in [0.1, 0.15) is 0 Å². The summed E-state index contributed by atoms with van der Waals surface area (Å²) in [4.78, 5) is 36.4. The average molecular weight is 441 g/mol. The number of amides is 2. The zero-order chi connectivity index (χ0) is 21.6. The predicted molar refractivity (Wildman–Crippen MR) is 123 cm³/mol. The summed E-state index contributed by atoms with van der Waals surface area (Å²) in [5, 5.41) is 3.05. The van der Waals surface area contributed by atoms with Gasteiger partial charge in [0.2, 0.25) is 11.8 Å². The van der Waals surface area contributed by atoms with Crippen molar-refractivity contribution in [1.29, 1.82) is 0 Å². The first kappa shape index (κ1) is 22.0. The van der Waals surface area contributed by atoms with Gasteiger partial charge >= 0.3 is 0 Å². The van der Waals surface area contributed by atoms with Crippen LogP contribution in [0.3, 0.4) is 0 Å². The third-order valence-corrected chi connectivity index (χ3v) is 7.27. The van der Waals surface area contributed by atoms with Gasteiger partial charge in [-0.3, -0.25) is 14.5 Å². The molecule has 166 valence electrons. The first-order chi connectivity index (χ1) is 15.1. The zero-order valence-corrected chi connectivity index (χ0v) is 19.1. The molecule has 1 unspecified atom stereocenters. The van der Waals surface area contributed by atoms with Gasteiger partial charge in [0.05, 0.1) is 23.2 Å². The normalized spacial score (nSPS) is 18.7. The third kappa shape index (κ3) is 5.71. The van der Waals surface area contributed by atoms with Crippen molar-refractivity contribution in [3.05, 3.63) is 52.0 Å². The Morgan fingerprint density at radius 2 is 1.68 bits per heavy atom. The molecule has 2 fully saturated rings. The fraction of sp³-hybridized carbons (Fsp3) is 0.542. The second-order valence-electron chi connectivity index (χ2n) is 8.55. The highest BCUT2D eigenvalue weighted by Crippen LogP contribution is 2.17. The molecular weight excluding hydrogens is 408 g/mol. The van der Waals surface area contributed by atoms with E-state index in [1.807, 2.05) is 40.3 Å². The smallest absolute Gasteiger partial charge is 0.239 e. The topological polar surface area (TPSA) is 56.8 Å². The molecule has 2 aliphatic rings. The number of aromatic nitrogens is 1. The molecule has 1 atom stereocenters. The molecule has 0 aliphatic carbocycles. The molecule has 2 aromatic rings. The van der Waals surface area contributed by atoms with Crippen LogP contribution in [-0.2, 0) is 22.4 Å². The molecular formula is C24H32N4O2S. The van der Waals surface area contributed by atoms with Crippen molar-refractivity contribution >= 4 is 23.2 Å². The van der Waals surface area contributed by atoms with Crippen molar-refractivity contribution in [2.45, 2.75) is 45.1 Å². The largest absolute Gasteiger partial charge is 0.341 e. The number of hydrogen-bond donors (Lipinski definition) is 0. The van der Waals surface area contributed by atoms with E-state index in [2.05, 4.69) is 22.0 Å². The van der Waals surface area contributed by atoms with Crippen molar-refractivity contribution in [3.63, 3.8) is 0 Å². The lowest BCUT2D eigenvalue weighted by Crippen LogP contribution is -2.56. The van der Waals surface area contributed by atoms with Crippen molar-refractivity contribution < 1.29 is 9.59 Å². The van der Waals surface area contributed by atoms with Gasteiger partial charge in [0, 0.05) is 51.1 Å². The van der Waals surface area contributed by atoms with E-state index in [4.69, 9.17) is 0 Å². The van der Waals surface area contributed by atoms with Crippen LogP contribution in [0.2, 0.25) is 0 Å². The van der Waals surface area contributed by atoms with Crippen LogP contribution in [0.5, 0.6) is 0 Å². The lowest BCUT2D eigenvalue weighted by Gasteiger charge is -2.39. The Balaban J connectivity index is 1.24. The first-order valence-corrected chi connectivity index (χ1v) is 12.3. The van der Waals surface area contributed by atoms with Crippen LogP contribution in [0.15, 0.2) is 35.7 Å². The third-order valence-electron chi connectivity index (χ3n) is 6.37. The number of piperidine rings is 1. The van der Waals surface area contributed by atoms with Gasteiger partial charge in [0.15, 0.2) is 0 Å². The lowest BCUT2D eigenvalue weighted by atomic mass is 10.1. The second-order valence-corrected chi connectivity index (χ2v) is 9.49. The van der Waals surface area contributed by atoms with Crippen molar-refractivity contribution in [2.75, 3.05) is 39.3 Å². The highest BCUT2D eigenvalue weighted by molar-refractivity contribution is 7.09. The molecule has 3 heterocycles. The molecule has 1 aromatic carbocycles. The Bertz CT molecular complexity index is 871. The molecule has 31 heavy (non-hydrogen) atoms. The molecule has 4 rings (SSSR count). The van der Waals surface area contributed by atoms with Gasteiger partial charge < -0.3 is 9.80 Å². The van der Waals surface area contributed by atoms with Crippen LogP contribution >= 0.6 is 11.3 Å². The molecule has 0 spiro atoms. The molecule has 2 saturated heterocycles. The monoisotopic (exact) mass is 440 g/mol. The van der Waals surface area contributed by atoms with E-state index in [1.165, 1.54) is 12.0 Å². The summed E-state index contributed by atoms with van der Waals surface area (Å²) in [7, 11) is 0. The number of piperazine rings is 1. The van der Waals surface area contributed by atoms with E-state index in [0.29, 0.717) is 19.5 Å². The quantitative estimate of drug-likeness (QED) is 0.693. The number of hydrogen-bond acceptors (Lipinski definition) is 5. The molecule has 2 amide bonds. The average Bonchev–Trinajstić information content (AvgIpc) is 3.26. The summed E-state index contributed by atoms with van der Waals surface area (Å²) < 4.78 is 0. The molecule has 2 aliphatic heterocycles. The van der Waals surface area contributed by atoms with Crippen molar-refractivity contribution in [3.8, 4) is 0 Å². The summed E-state index contributed by atoms with van der Waals surface area (Å²) in [5.41, 5.74) is 2.09. The predicted octanol–water partition coefficient (Wildman–Crippen LogP) is 2.82. The summed E-state index contributed by atoms with van der Waals surface area (Å²) >= 11 is 1.62. The lowest BCUT2D eigenvalue weighted by molar-refractivity contribution is -0.139. The highest BCUT2D eigenvalue weighted by Gasteiger charge is 2.30. The Labute approximate surface area is 188 Å². The van der Waals surface area contributed by atoms with E-state index in [0.717, 1.165) is 56.1 Å². The molecule has 7 heteroatoms. The Hall–Kier alpha value is -2.25. The number of likely N-dealkylation sites (tertiary alicyclic amines) is 1. The maximum Gasteiger partial charge on any atom is 0.239 e. The minimum absolute atomic E-state index is 0.102. The summed E-state index contributed by atoms with van der Waals surface area (Å²) in [6, 6.07) is 10.2. The van der Waals surface area contributed by atoms with Crippen LogP contribution in [0.1, 0.15) is 42.5 Å². The number of carbonyl (C=O) groups excluding carboxylic acids is 2. The SMILES string of the molecule is CC(C(=O)N1CCCCC1)N1CCN(C(=O)Cc2csc(Cc3ccccc3)n2)CC1. The first-order valence-electron chi connectivity index (χ1n) is 11.4.